The molecule has 1 heterocycles. The van der Waals surface area contributed by atoms with E-state index in [1.807, 2.05) is 0 Å². The molecule has 0 amide bonds. The Balaban J connectivity index is 1.98. The third-order valence-corrected chi connectivity index (χ3v) is 4.02. The summed E-state index contributed by atoms with van der Waals surface area (Å²) in [5.41, 5.74) is 3.86. The summed E-state index contributed by atoms with van der Waals surface area (Å²) < 4.78 is 6.15. The highest BCUT2D eigenvalue weighted by Gasteiger charge is 2.12. The van der Waals surface area contributed by atoms with Gasteiger partial charge < -0.3 is 4.74 Å². The molecular weight excluding hydrogens is 244 g/mol. The lowest BCUT2D eigenvalue weighted by molar-refractivity contribution is 0.299. The Morgan fingerprint density at radius 1 is 0.700 bits per heavy atom. The lowest BCUT2D eigenvalue weighted by Gasteiger charge is -2.17. The fourth-order valence-electron chi connectivity index (χ4n) is 2.92. The summed E-state index contributed by atoms with van der Waals surface area (Å²) in [4.78, 5) is 0. The van der Waals surface area contributed by atoms with Crippen LogP contribution in [0.3, 0.4) is 0 Å². The molecule has 1 nitrogen and oxygen atoms in total. The van der Waals surface area contributed by atoms with Crippen molar-refractivity contribution in [3.63, 3.8) is 0 Å². The molecule has 1 aliphatic heterocycles. The van der Waals surface area contributed by atoms with Gasteiger partial charge in [0.15, 0.2) is 0 Å². The lowest BCUT2D eigenvalue weighted by atomic mass is 9.97. The zero-order valence-electron chi connectivity index (χ0n) is 12.0. The van der Waals surface area contributed by atoms with E-state index in [1.165, 1.54) is 48.8 Å². The van der Waals surface area contributed by atoms with Crippen LogP contribution in [0.15, 0.2) is 48.5 Å². The van der Waals surface area contributed by atoms with Crippen LogP contribution in [-0.2, 0) is 6.42 Å². The van der Waals surface area contributed by atoms with E-state index in [1.54, 1.807) is 0 Å². The van der Waals surface area contributed by atoms with Gasteiger partial charge >= 0.3 is 0 Å². The minimum Gasteiger partial charge on any atom is -0.493 e. The van der Waals surface area contributed by atoms with Gasteiger partial charge in [0.05, 0.1) is 6.61 Å². The number of ether oxygens (including phenoxy) is 1. The molecule has 20 heavy (non-hydrogen) atoms. The van der Waals surface area contributed by atoms with Crippen LogP contribution in [0.4, 0.5) is 0 Å². The number of para-hydroxylation sites is 1. The number of hydrogen-bond acceptors (Lipinski definition) is 1. The number of hydrogen-bond donors (Lipinski definition) is 0. The van der Waals surface area contributed by atoms with Gasteiger partial charge in [-0.3, -0.25) is 0 Å². The lowest BCUT2D eigenvalue weighted by Crippen LogP contribution is -2.04. The van der Waals surface area contributed by atoms with Gasteiger partial charge in [-0.05, 0) is 30.4 Å². The number of rotatable bonds is 1. The van der Waals surface area contributed by atoms with Crippen LogP contribution in [0.1, 0.15) is 37.7 Å². The molecule has 0 saturated heterocycles. The van der Waals surface area contributed by atoms with Crippen LogP contribution < -0.4 is 4.74 Å². The van der Waals surface area contributed by atoms with Gasteiger partial charge in [-0.2, -0.15) is 0 Å². The molecule has 0 atom stereocenters. The van der Waals surface area contributed by atoms with E-state index in [9.17, 15) is 0 Å². The summed E-state index contributed by atoms with van der Waals surface area (Å²) in [6, 6.07) is 17.1. The van der Waals surface area contributed by atoms with E-state index >= 15 is 0 Å². The maximum atomic E-state index is 6.15. The molecule has 0 aliphatic carbocycles. The Labute approximate surface area is 121 Å². The molecule has 1 heteroatoms. The smallest absolute Gasteiger partial charge is 0.130 e. The second kappa shape index (κ2) is 6.60. The summed E-state index contributed by atoms with van der Waals surface area (Å²) in [5.74, 6) is 1.11. The summed E-state index contributed by atoms with van der Waals surface area (Å²) in [5, 5.41) is 0. The minimum absolute atomic E-state index is 0.844. The maximum Gasteiger partial charge on any atom is 0.130 e. The first-order valence-corrected chi connectivity index (χ1v) is 7.75. The number of fused-ring (bicyclic) bond motifs is 1. The van der Waals surface area contributed by atoms with Crippen molar-refractivity contribution in [1.29, 1.82) is 0 Å². The Bertz CT molecular complexity index is 545. The first kappa shape index (κ1) is 13.2. The van der Waals surface area contributed by atoms with Crippen molar-refractivity contribution in [3.05, 3.63) is 54.1 Å². The van der Waals surface area contributed by atoms with Crippen molar-refractivity contribution in [1.82, 2.24) is 0 Å². The molecule has 2 aromatic carbocycles. The van der Waals surface area contributed by atoms with Crippen molar-refractivity contribution < 1.29 is 4.74 Å². The van der Waals surface area contributed by atoms with Crippen LogP contribution in [0, 0.1) is 0 Å². The van der Waals surface area contributed by atoms with Gasteiger partial charge in [0, 0.05) is 5.56 Å². The fourth-order valence-corrected chi connectivity index (χ4v) is 2.92. The third-order valence-electron chi connectivity index (χ3n) is 4.02. The molecule has 0 saturated carbocycles. The maximum absolute atomic E-state index is 6.15. The fraction of sp³-hybridized carbons (Fsp3) is 0.368. The van der Waals surface area contributed by atoms with E-state index in [2.05, 4.69) is 48.5 Å². The molecule has 0 unspecified atom stereocenters. The first-order chi connectivity index (χ1) is 9.95. The Kier molecular flexibility index (Phi) is 4.37. The second-order valence-electron chi connectivity index (χ2n) is 5.53. The molecule has 3 rings (SSSR count). The van der Waals surface area contributed by atoms with E-state index < -0.39 is 0 Å². The van der Waals surface area contributed by atoms with Gasteiger partial charge in [0.2, 0.25) is 0 Å². The zero-order valence-corrected chi connectivity index (χ0v) is 12.0. The monoisotopic (exact) mass is 266 g/mol. The highest BCUT2D eigenvalue weighted by Crippen LogP contribution is 2.34. The van der Waals surface area contributed by atoms with E-state index in [0.29, 0.717) is 0 Å². The zero-order chi connectivity index (χ0) is 13.6. The van der Waals surface area contributed by atoms with Crippen LogP contribution >= 0.6 is 0 Å². The van der Waals surface area contributed by atoms with E-state index in [0.717, 1.165) is 18.8 Å². The van der Waals surface area contributed by atoms with Crippen molar-refractivity contribution in [2.24, 2.45) is 0 Å². The second-order valence-corrected chi connectivity index (χ2v) is 5.53. The highest BCUT2D eigenvalue weighted by molar-refractivity contribution is 5.72. The SMILES string of the molecule is c1ccc(-c2cccc3c2OCCCCCCC3)cc1. The molecule has 0 bridgehead atoms. The summed E-state index contributed by atoms with van der Waals surface area (Å²) in [6.45, 7) is 0.844. The molecule has 1 aliphatic rings. The quantitative estimate of drug-likeness (QED) is 0.686. The average molecular weight is 266 g/mol. The predicted molar refractivity (Wildman–Crippen MR) is 84.2 cm³/mol. The van der Waals surface area contributed by atoms with Crippen LogP contribution in [0.25, 0.3) is 11.1 Å². The van der Waals surface area contributed by atoms with Crippen LogP contribution in [0.5, 0.6) is 5.75 Å². The van der Waals surface area contributed by atoms with Crippen LogP contribution in [-0.4, -0.2) is 6.61 Å². The number of aryl methyl sites for hydroxylation is 1. The van der Waals surface area contributed by atoms with Crippen LogP contribution in [0.2, 0.25) is 0 Å². The minimum atomic E-state index is 0.844. The molecular formula is C19H22O. The van der Waals surface area contributed by atoms with Crippen molar-refractivity contribution in [3.8, 4) is 16.9 Å². The molecule has 0 fully saturated rings. The van der Waals surface area contributed by atoms with Gasteiger partial charge in [0.1, 0.15) is 5.75 Å². The van der Waals surface area contributed by atoms with Crippen molar-refractivity contribution in [2.45, 2.75) is 38.5 Å². The van der Waals surface area contributed by atoms with Gasteiger partial charge in [-0.1, -0.05) is 67.8 Å². The largest absolute Gasteiger partial charge is 0.493 e. The predicted octanol–water partition coefficient (Wildman–Crippen LogP) is 5.24. The Morgan fingerprint density at radius 3 is 2.40 bits per heavy atom. The normalized spacial score (nSPS) is 16.0. The average Bonchev–Trinajstić information content (AvgIpc) is 2.52. The summed E-state index contributed by atoms with van der Waals surface area (Å²) in [7, 11) is 0. The Morgan fingerprint density at radius 2 is 1.50 bits per heavy atom. The van der Waals surface area contributed by atoms with Crippen molar-refractivity contribution in [2.75, 3.05) is 6.61 Å². The summed E-state index contributed by atoms with van der Waals surface area (Å²) in [6.07, 6.45) is 7.56. The highest BCUT2D eigenvalue weighted by atomic mass is 16.5. The van der Waals surface area contributed by atoms with Crippen molar-refractivity contribution >= 4 is 0 Å². The summed E-state index contributed by atoms with van der Waals surface area (Å²) >= 11 is 0. The first-order valence-electron chi connectivity index (χ1n) is 7.75. The topological polar surface area (TPSA) is 9.23 Å². The molecule has 0 N–H and O–H groups in total. The molecule has 0 spiro atoms. The van der Waals surface area contributed by atoms with Gasteiger partial charge in [-0.25, -0.2) is 0 Å². The number of benzene rings is 2. The standard InChI is InChI=1S/C19H22O/c1-2-5-12-17-13-9-14-18(16-10-6-4-7-11-16)19(17)20-15-8-3-1/h4,6-7,9-11,13-14H,1-3,5,8,12,15H2. The molecule has 0 radical (unpaired) electrons. The van der Waals surface area contributed by atoms with E-state index in [4.69, 9.17) is 4.74 Å². The molecule has 104 valence electrons. The molecule has 2 aromatic rings. The van der Waals surface area contributed by atoms with E-state index in [-0.39, 0.29) is 0 Å². The molecule has 0 aromatic heterocycles. The Hall–Kier alpha value is -1.76. The van der Waals surface area contributed by atoms with Gasteiger partial charge in [-0.15, -0.1) is 0 Å². The third kappa shape index (κ3) is 3.04. The van der Waals surface area contributed by atoms with Gasteiger partial charge in [0.25, 0.3) is 0 Å².